The van der Waals surface area contributed by atoms with Crippen molar-refractivity contribution >= 4 is 23.2 Å². The Kier molecular flexibility index (Phi) is 6.65. The van der Waals surface area contributed by atoms with Gasteiger partial charge < -0.3 is 15.2 Å². The number of carbonyl (C=O) groups excluding carboxylic acids is 1. The molecule has 1 heterocycles. The summed E-state index contributed by atoms with van der Waals surface area (Å²) in [5.74, 6) is -3.20. The summed E-state index contributed by atoms with van der Waals surface area (Å²) in [4.78, 5) is 28.7. The molecule has 1 aromatic heterocycles. The summed E-state index contributed by atoms with van der Waals surface area (Å²) in [6.45, 7) is 3.56. The molecule has 1 amide bonds. The van der Waals surface area contributed by atoms with Gasteiger partial charge in [-0.05, 0) is 56.3 Å². The number of thiazole rings is 1. The van der Waals surface area contributed by atoms with Crippen molar-refractivity contribution in [1.29, 1.82) is 0 Å². The van der Waals surface area contributed by atoms with E-state index in [9.17, 15) is 23.5 Å². The van der Waals surface area contributed by atoms with E-state index in [1.807, 2.05) is 31.2 Å². The average Bonchev–Trinajstić information content (AvgIpc) is 3.18. The number of benzene rings is 2. The Morgan fingerprint density at radius 2 is 1.90 bits per heavy atom. The van der Waals surface area contributed by atoms with Gasteiger partial charge in [-0.15, -0.1) is 11.3 Å². The summed E-state index contributed by atoms with van der Waals surface area (Å²) >= 11 is 1.33. The Morgan fingerprint density at radius 3 is 2.55 bits per heavy atom. The van der Waals surface area contributed by atoms with Crippen LogP contribution >= 0.6 is 11.3 Å². The van der Waals surface area contributed by atoms with Gasteiger partial charge in [-0.2, -0.15) is 0 Å². The van der Waals surface area contributed by atoms with Crippen molar-refractivity contribution in [1.82, 2.24) is 10.3 Å². The molecule has 6 nitrogen and oxygen atoms in total. The summed E-state index contributed by atoms with van der Waals surface area (Å²) in [7, 11) is 0. The third-order valence-electron chi connectivity index (χ3n) is 4.59. The number of hydrogen-bond acceptors (Lipinski definition) is 5. The van der Waals surface area contributed by atoms with Gasteiger partial charge in [-0.25, -0.2) is 18.6 Å². The van der Waals surface area contributed by atoms with E-state index in [1.54, 1.807) is 5.38 Å². The predicted octanol–water partition coefficient (Wildman–Crippen LogP) is 4.15. The van der Waals surface area contributed by atoms with Crippen LogP contribution < -0.4 is 10.1 Å². The summed E-state index contributed by atoms with van der Waals surface area (Å²) < 4.78 is 33.1. The number of carboxylic acid groups (broad SMARTS) is 1. The molecule has 2 N–H and O–H groups in total. The maximum atomic E-state index is 14.2. The number of aliphatic carboxylic acids is 1. The lowest BCUT2D eigenvalue weighted by molar-refractivity contribution is -0.147. The second-order valence-corrected chi connectivity index (χ2v) is 7.74. The zero-order valence-corrected chi connectivity index (χ0v) is 17.6. The van der Waals surface area contributed by atoms with Gasteiger partial charge in [0.15, 0.2) is 5.54 Å². The zero-order valence-electron chi connectivity index (χ0n) is 16.8. The van der Waals surface area contributed by atoms with Crippen molar-refractivity contribution in [2.45, 2.75) is 25.8 Å². The van der Waals surface area contributed by atoms with Gasteiger partial charge in [0.1, 0.15) is 22.4 Å². The molecule has 1 unspecified atom stereocenters. The fraction of sp³-hybridized carbons (Fsp3) is 0.227. The largest absolute Gasteiger partial charge is 0.494 e. The summed E-state index contributed by atoms with van der Waals surface area (Å²) in [5.41, 5.74) is -1.34. The molecule has 3 aromatic rings. The summed E-state index contributed by atoms with van der Waals surface area (Å²) in [6, 6.07) is 9.79. The number of hydrogen-bond donors (Lipinski definition) is 2. The monoisotopic (exact) mass is 446 g/mol. The van der Waals surface area contributed by atoms with E-state index in [0.29, 0.717) is 17.3 Å². The highest BCUT2D eigenvalue weighted by Crippen LogP contribution is 2.27. The van der Waals surface area contributed by atoms with Gasteiger partial charge in [0, 0.05) is 16.5 Å². The van der Waals surface area contributed by atoms with E-state index in [-0.39, 0.29) is 6.42 Å². The highest BCUT2D eigenvalue weighted by molar-refractivity contribution is 7.13. The molecular formula is C22H20F2N2O4S. The first-order valence-electron chi connectivity index (χ1n) is 9.40. The van der Waals surface area contributed by atoms with Crippen LogP contribution in [-0.4, -0.2) is 28.6 Å². The van der Waals surface area contributed by atoms with Crippen molar-refractivity contribution in [3.8, 4) is 16.3 Å². The molecule has 0 aliphatic rings. The highest BCUT2D eigenvalue weighted by atomic mass is 32.1. The Balaban J connectivity index is 1.75. The van der Waals surface area contributed by atoms with Crippen molar-refractivity contribution in [3.05, 3.63) is 70.7 Å². The molecule has 0 spiro atoms. The number of amides is 1. The van der Waals surface area contributed by atoms with Crippen molar-refractivity contribution in [3.63, 3.8) is 0 Å². The first kappa shape index (κ1) is 22.4. The van der Waals surface area contributed by atoms with E-state index >= 15 is 0 Å². The molecular weight excluding hydrogens is 426 g/mol. The normalized spacial score (nSPS) is 12.8. The van der Waals surface area contributed by atoms with Crippen molar-refractivity contribution in [2.75, 3.05) is 6.61 Å². The van der Waals surface area contributed by atoms with Crippen LogP contribution in [0.3, 0.4) is 0 Å². The van der Waals surface area contributed by atoms with Gasteiger partial charge in [-0.3, -0.25) is 4.79 Å². The fourth-order valence-electron chi connectivity index (χ4n) is 2.99. The lowest BCUT2D eigenvalue weighted by Crippen LogP contribution is -2.50. The van der Waals surface area contributed by atoms with Crippen LogP contribution in [-0.2, 0) is 21.5 Å². The minimum Gasteiger partial charge on any atom is -0.494 e. The Labute approximate surface area is 181 Å². The maximum absolute atomic E-state index is 14.2. The van der Waals surface area contributed by atoms with Crippen LogP contribution in [0, 0.1) is 11.6 Å². The smallest absolute Gasteiger partial charge is 0.333 e. The topological polar surface area (TPSA) is 88.5 Å². The lowest BCUT2D eigenvalue weighted by atomic mass is 9.91. The Hall–Kier alpha value is -3.33. The summed E-state index contributed by atoms with van der Waals surface area (Å²) in [5, 5.41) is 14.3. The number of halogens is 2. The molecule has 2 aromatic carbocycles. The number of nitrogens with one attached hydrogen (secondary N) is 1. The number of rotatable bonds is 8. The third-order valence-corrected chi connectivity index (χ3v) is 5.53. The molecule has 0 aliphatic carbocycles. The molecule has 31 heavy (non-hydrogen) atoms. The number of ether oxygens (including phenoxy) is 1. The standard InChI is InChI=1S/C22H20F2N2O4S/c1-3-30-16-7-4-13(5-8-16)20-25-15(12-31-20)11-19(27)26-22(2,21(28)29)17-10-14(23)6-9-18(17)24/h4-10,12H,3,11H2,1-2H3,(H,26,27)(H,28,29). The Morgan fingerprint density at radius 1 is 1.19 bits per heavy atom. The molecule has 0 bridgehead atoms. The van der Waals surface area contributed by atoms with Crippen LogP contribution in [0.2, 0.25) is 0 Å². The maximum Gasteiger partial charge on any atom is 0.333 e. The predicted molar refractivity (Wildman–Crippen MR) is 112 cm³/mol. The highest BCUT2D eigenvalue weighted by Gasteiger charge is 2.39. The molecule has 0 aliphatic heterocycles. The number of carboxylic acids is 1. The second kappa shape index (κ2) is 9.22. The molecule has 0 saturated carbocycles. The van der Waals surface area contributed by atoms with E-state index in [2.05, 4.69) is 10.3 Å². The first-order valence-corrected chi connectivity index (χ1v) is 10.3. The second-order valence-electron chi connectivity index (χ2n) is 6.88. The SMILES string of the molecule is CCOc1ccc(-c2nc(CC(=O)NC(C)(C(=O)O)c3cc(F)ccc3F)cs2)cc1. The zero-order chi connectivity index (χ0) is 22.6. The molecule has 0 radical (unpaired) electrons. The van der Waals surface area contributed by atoms with Crippen LogP contribution in [0.4, 0.5) is 8.78 Å². The number of nitrogens with zero attached hydrogens (tertiary/aromatic N) is 1. The molecule has 162 valence electrons. The summed E-state index contributed by atoms with van der Waals surface area (Å²) in [6.07, 6.45) is -0.215. The molecule has 3 rings (SSSR count). The van der Waals surface area contributed by atoms with E-state index in [4.69, 9.17) is 4.74 Å². The third kappa shape index (κ3) is 5.05. The molecule has 0 fully saturated rings. The van der Waals surface area contributed by atoms with Gasteiger partial charge in [0.25, 0.3) is 0 Å². The number of aromatic nitrogens is 1. The van der Waals surface area contributed by atoms with Crippen LogP contribution in [0.15, 0.2) is 47.8 Å². The minimum atomic E-state index is -2.14. The van der Waals surface area contributed by atoms with Gasteiger partial charge in [-0.1, -0.05) is 0 Å². The molecule has 1 atom stereocenters. The van der Waals surface area contributed by atoms with E-state index in [1.165, 1.54) is 11.3 Å². The number of carbonyl (C=O) groups is 2. The lowest BCUT2D eigenvalue weighted by Gasteiger charge is -2.27. The van der Waals surface area contributed by atoms with Crippen LogP contribution in [0.1, 0.15) is 25.1 Å². The van der Waals surface area contributed by atoms with E-state index in [0.717, 1.165) is 36.4 Å². The average molecular weight is 446 g/mol. The molecule has 0 saturated heterocycles. The van der Waals surface area contributed by atoms with Gasteiger partial charge in [0.2, 0.25) is 5.91 Å². The van der Waals surface area contributed by atoms with Crippen molar-refractivity contribution in [2.24, 2.45) is 0 Å². The fourth-order valence-corrected chi connectivity index (χ4v) is 3.81. The van der Waals surface area contributed by atoms with Crippen LogP contribution in [0.5, 0.6) is 5.75 Å². The van der Waals surface area contributed by atoms with E-state index < -0.39 is 34.6 Å². The quantitative estimate of drug-likeness (QED) is 0.543. The molecule has 9 heteroatoms. The van der Waals surface area contributed by atoms with Gasteiger partial charge >= 0.3 is 5.97 Å². The Bertz CT molecular complexity index is 1100. The minimum absolute atomic E-state index is 0.215. The van der Waals surface area contributed by atoms with Crippen LogP contribution in [0.25, 0.3) is 10.6 Å². The first-order chi connectivity index (χ1) is 14.7. The van der Waals surface area contributed by atoms with Gasteiger partial charge in [0.05, 0.1) is 18.7 Å². The van der Waals surface area contributed by atoms with Crippen molar-refractivity contribution < 1.29 is 28.2 Å².